The van der Waals surface area contributed by atoms with Crippen LogP contribution in [-0.4, -0.2) is 19.0 Å². The van der Waals surface area contributed by atoms with E-state index in [0.29, 0.717) is 16.3 Å². The molecule has 3 rings (SSSR count). The lowest BCUT2D eigenvalue weighted by atomic mass is 10.1. The van der Waals surface area contributed by atoms with E-state index in [1.165, 1.54) is 18.5 Å². The molecule has 1 fully saturated rings. The summed E-state index contributed by atoms with van der Waals surface area (Å²) < 4.78 is 0. The van der Waals surface area contributed by atoms with E-state index >= 15 is 0 Å². The minimum Gasteiger partial charge on any atom is -0.372 e. The Bertz CT molecular complexity index is 676. The lowest BCUT2D eigenvalue weighted by Crippen LogP contribution is -2.18. The average Bonchev–Trinajstić information content (AvgIpc) is 3.05. The van der Waals surface area contributed by atoms with Crippen molar-refractivity contribution in [2.75, 3.05) is 23.3 Å². The molecule has 2 aromatic carbocycles. The molecule has 3 nitrogen and oxygen atoms in total. The number of carbonyl (C=O) groups is 1. The van der Waals surface area contributed by atoms with Crippen LogP contribution in [0, 0.1) is 6.92 Å². The molecule has 4 heteroatoms. The molecule has 1 N–H and O–H groups in total. The van der Waals surface area contributed by atoms with Gasteiger partial charge in [0.1, 0.15) is 0 Å². The van der Waals surface area contributed by atoms with Crippen LogP contribution in [0.25, 0.3) is 0 Å². The second kappa shape index (κ2) is 6.41. The van der Waals surface area contributed by atoms with Gasteiger partial charge in [0.25, 0.3) is 5.91 Å². The lowest BCUT2D eigenvalue weighted by molar-refractivity contribution is 0.102. The minimum atomic E-state index is -0.118. The average molecular weight is 315 g/mol. The molecule has 1 saturated heterocycles. The monoisotopic (exact) mass is 314 g/mol. The highest BCUT2D eigenvalue weighted by atomic mass is 35.5. The molecule has 0 spiro atoms. The predicted molar refractivity (Wildman–Crippen MR) is 92.0 cm³/mol. The summed E-state index contributed by atoms with van der Waals surface area (Å²) in [5.74, 6) is -0.118. The molecule has 114 valence electrons. The number of hydrogen-bond acceptors (Lipinski definition) is 2. The van der Waals surface area contributed by atoms with Gasteiger partial charge in [0.2, 0.25) is 0 Å². The summed E-state index contributed by atoms with van der Waals surface area (Å²) in [4.78, 5) is 14.6. The van der Waals surface area contributed by atoms with Crippen LogP contribution in [0.5, 0.6) is 0 Å². The van der Waals surface area contributed by atoms with Crippen LogP contribution in [0.4, 0.5) is 11.4 Å². The Hall–Kier alpha value is -2.00. The van der Waals surface area contributed by atoms with Crippen molar-refractivity contribution in [1.29, 1.82) is 0 Å². The van der Waals surface area contributed by atoms with Gasteiger partial charge in [0.15, 0.2) is 0 Å². The smallest absolute Gasteiger partial charge is 0.255 e. The van der Waals surface area contributed by atoms with Gasteiger partial charge >= 0.3 is 0 Å². The molecule has 0 aliphatic carbocycles. The molecule has 0 aromatic heterocycles. The molecule has 1 heterocycles. The van der Waals surface area contributed by atoms with Crippen molar-refractivity contribution >= 4 is 28.9 Å². The second-order valence-electron chi connectivity index (χ2n) is 5.66. The van der Waals surface area contributed by atoms with Gasteiger partial charge in [-0.1, -0.05) is 17.7 Å². The van der Waals surface area contributed by atoms with Crippen molar-refractivity contribution in [3.05, 3.63) is 58.6 Å². The van der Waals surface area contributed by atoms with E-state index in [0.717, 1.165) is 18.7 Å². The van der Waals surface area contributed by atoms with Crippen LogP contribution in [-0.2, 0) is 0 Å². The summed E-state index contributed by atoms with van der Waals surface area (Å²) in [5.41, 5.74) is 3.55. The number of halogens is 1. The van der Waals surface area contributed by atoms with E-state index in [9.17, 15) is 4.79 Å². The Morgan fingerprint density at radius 3 is 2.41 bits per heavy atom. The number of aryl methyl sites for hydroxylation is 1. The third-order valence-electron chi connectivity index (χ3n) is 4.03. The highest BCUT2D eigenvalue weighted by molar-refractivity contribution is 6.31. The molecule has 0 atom stereocenters. The highest BCUT2D eigenvalue weighted by Gasteiger charge is 2.13. The summed E-state index contributed by atoms with van der Waals surface area (Å²) >= 11 is 6.08. The quantitative estimate of drug-likeness (QED) is 0.904. The van der Waals surface area contributed by atoms with Crippen molar-refractivity contribution in [2.45, 2.75) is 19.8 Å². The van der Waals surface area contributed by atoms with Gasteiger partial charge in [0.05, 0.1) is 0 Å². The molecule has 1 aliphatic rings. The van der Waals surface area contributed by atoms with Crippen molar-refractivity contribution < 1.29 is 4.79 Å². The summed E-state index contributed by atoms with van der Waals surface area (Å²) in [5, 5.41) is 3.53. The van der Waals surface area contributed by atoms with E-state index in [1.54, 1.807) is 6.07 Å². The van der Waals surface area contributed by atoms with Crippen LogP contribution in [0.15, 0.2) is 42.5 Å². The zero-order valence-corrected chi connectivity index (χ0v) is 13.4. The van der Waals surface area contributed by atoms with Crippen molar-refractivity contribution in [3.8, 4) is 0 Å². The largest absolute Gasteiger partial charge is 0.372 e. The Kier molecular flexibility index (Phi) is 4.34. The maximum atomic E-state index is 12.3. The van der Waals surface area contributed by atoms with Crippen LogP contribution in [0.3, 0.4) is 0 Å². The number of carbonyl (C=O) groups excluding carboxylic acids is 1. The molecule has 22 heavy (non-hydrogen) atoms. The maximum Gasteiger partial charge on any atom is 0.255 e. The van der Waals surface area contributed by atoms with Crippen LogP contribution in [0.1, 0.15) is 28.8 Å². The third-order valence-corrected chi connectivity index (χ3v) is 4.44. The first-order chi connectivity index (χ1) is 10.6. The van der Waals surface area contributed by atoms with Crippen LogP contribution >= 0.6 is 11.6 Å². The van der Waals surface area contributed by atoms with E-state index in [2.05, 4.69) is 10.2 Å². The highest BCUT2D eigenvalue weighted by Crippen LogP contribution is 2.22. The number of anilines is 2. The fourth-order valence-electron chi connectivity index (χ4n) is 2.67. The Morgan fingerprint density at radius 2 is 1.77 bits per heavy atom. The Morgan fingerprint density at radius 1 is 1.09 bits per heavy atom. The van der Waals surface area contributed by atoms with E-state index < -0.39 is 0 Å². The molecule has 2 aromatic rings. The third kappa shape index (κ3) is 3.25. The molecule has 0 unspecified atom stereocenters. The number of hydrogen-bond donors (Lipinski definition) is 1. The van der Waals surface area contributed by atoms with E-state index in [4.69, 9.17) is 11.6 Å². The maximum absolute atomic E-state index is 12.3. The van der Waals surface area contributed by atoms with Gasteiger partial charge in [-0.15, -0.1) is 0 Å². The molecule has 1 aliphatic heterocycles. The number of nitrogens with one attached hydrogen (secondary N) is 1. The second-order valence-corrected chi connectivity index (χ2v) is 6.07. The fourth-order valence-corrected chi connectivity index (χ4v) is 2.85. The summed E-state index contributed by atoms with van der Waals surface area (Å²) in [6, 6.07) is 13.3. The molecular formula is C18H19ClN2O. The first-order valence-electron chi connectivity index (χ1n) is 7.56. The molecule has 0 saturated carbocycles. The number of nitrogens with zero attached hydrogens (tertiary/aromatic N) is 1. The number of rotatable bonds is 3. The number of benzene rings is 2. The summed E-state index contributed by atoms with van der Waals surface area (Å²) in [6.45, 7) is 4.14. The van der Waals surface area contributed by atoms with Crippen LogP contribution < -0.4 is 10.2 Å². The molecule has 0 radical (unpaired) electrons. The van der Waals surface area contributed by atoms with Gasteiger partial charge < -0.3 is 10.2 Å². The SMILES string of the molecule is Cc1ccc(NC(=O)c2ccc(N3CCCC3)cc2)cc1Cl. The van der Waals surface area contributed by atoms with E-state index in [-0.39, 0.29) is 5.91 Å². The van der Waals surface area contributed by atoms with Crippen LogP contribution in [0.2, 0.25) is 5.02 Å². The zero-order valence-electron chi connectivity index (χ0n) is 12.6. The Balaban J connectivity index is 1.70. The summed E-state index contributed by atoms with van der Waals surface area (Å²) in [6.07, 6.45) is 2.49. The Labute approximate surface area is 135 Å². The lowest BCUT2D eigenvalue weighted by Gasteiger charge is -2.17. The van der Waals surface area contributed by atoms with Gasteiger partial charge in [-0.05, 0) is 61.7 Å². The standard InChI is InChI=1S/C18H19ClN2O/c1-13-4-7-15(12-17(13)19)20-18(22)14-5-8-16(9-6-14)21-10-2-3-11-21/h4-9,12H,2-3,10-11H2,1H3,(H,20,22). The molecular weight excluding hydrogens is 296 g/mol. The van der Waals surface area contributed by atoms with Gasteiger partial charge in [-0.2, -0.15) is 0 Å². The zero-order chi connectivity index (χ0) is 15.5. The normalized spacial score (nSPS) is 14.2. The van der Waals surface area contributed by atoms with Crippen molar-refractivity contribution in [2.24, 2.45) is 0 Å². The fraction of sp³-hybridized carbons (Fsp3) is 0.278. The van der Waals surface area contributed by atoms with Crippen molar-refractivity contribution in [3.63, 3.8) is 0 Å². The summed E-state index contributed by atoms with van der Waals surface area (Å²) in [7, 11) is 0. The molecule has 1 amide bonds. The first kappa shape index (κ1) is 14.9. The van der Waals surface area contributed by atoms with Crippen molar-refractivity contribution in [1.82, 2.24) is 0 Å². The van der Waals surface area contributed by atoms with Gasteiger partial charge in [0, 0.05) is 35.1 Å². The first-order valence-corrected chi connectivity index (χ1v) is 7.94. The van der Waals surface area contributed by atoms with E-state index in [1.807, 2.05) is 43.3 Å². The number of amides is 1. The topological polar surface area (TPSA) is 32.3 Å². The van der Waals surface area contributed by atoms with Gasteiger partial charge in [-0.3, -0.25) is 4.79 Å². The predicted octanol–water partition coefficient (Wildman–Crippen LogP) is 4.50. The molecule has 0 bridgehead atoms. The van der Waals surface area contributed by atoms with Gasteiger partial charge in [-0.25, -0.2) is 0 Å². The minimum absolute atomic E-state index is 0.118.